The Morgan fingerprint density at radius 2 is 1.78 bits per heavy atom. The molecule has 2 aliphatic rings. The lowest BCUT2D eigenvalue weighted by atomic mass is 10.1. The monoisotopic (exact) mass is 336 g/mol. The van der Waals surface area contributed by atoms with Gasteiger partial charge in [-0.15, -0.1) is 0 Å². The second kappa shape index (κ2) is 5.45. The molecule has 1 aromatic rings. The molecular weight excluding hydrogens is 320 g/mol. The summed E-state index contributed by atoms with van der Waals surface area (Å²) >= 11 is 0. The molecule has 8 heteroatoms. The van der Waals surface area contributed by atoms with Crippen LogP contribution in [0.4, 0.5) is 0 Å². The second-order valence-corrected chi connectivity index (χ2v) is 8.04. The van der Waals surface area contributed by atoms with E-state index in [2.05, 4.69) is 5.32 Å². The van der Waals surface area contributed by atoms with Crippen LogP contribution in [0.3, 0.4) is 0 Å². The van der Waals surface area contributed by atoms with Crippen molar-refractivity contribution in [3.63, 3.8) is 0 Å². The Bertz CT molecular complexity index is 767. The normalized spacial score (nSPS) is 23.7. The van der Waals surface area contributed by atoms with Gasteiger partial charge in [0.2, 0.25) is 5.91 Å². The van der Waals surface area contributed by atoms with Gasteiger partial charge in [-0.1, -0.05) is 12.1 Å². The van der Waals surface area contributed by atoms with E-state index >= 15 is 0 Å². The fourth-order valence-corrected chi connectivity index (χ4v) is 4.58. The summed E-state index contributed by atoms with van der Waals surface area (Å²) in [5, 5.41) is 2.61. The molecule has 1 fully saturated rings. The van der Waals surface area contributed by atoms with E-state index in [-0.39, 0.29) is 22.6 Å². The van der Waals surface area contributed by atoms with Gasteiger partial charge < -0.3 is 5.32 Å². The zero-order valence-corrected chi connectivity index (χ0v) is 13.3. The number of sulfone groups is 1. The minimum Gasteiger partial charge on any atom is -0.351 e. The van der Waals surface area contributed by atoms with Crippen LogP contribution >= 0.6 is 0 Å². The molecule has 0 radical (unpaired) electrons. The van der Waals surface area contributed by atoms with Crippen LogP contribution in [0.25, 0.3) is 0 Å². The molecule has 3 rings (SSSR count). The number of hydrogen-bond donors (Lipinski definition) is 1. The number of fused-ring (bicyclic) bond motifs is 1. The van der Waals surface area contributed by atoms with Gasteiger partial charge in [0.25, 0.3) is 11.8 Å². The zero-order chi connectivity index (χ0) is 16.8. The van der Waals surface area contributed by atoms with E-state index in [1.165, 1.54) is 6.92 Å². The van der Waals surface area contributed by atoms with E-state index < -0.39 is 39.6 Å². The van der Waals surface area contributed by atoms with Gasteiger partial charge in [-0.25, -0.2) is 8.42 Å². The Balaban J connectivity index is 1.74. The minimum absolute atomic E-state index is 0.0410. The van der Waals surface area contributed by atoms with Gasteiger partial charge in [-0.3, -0.25) is 19.3 Å². The number of carbonyl (C=O) groups is 3. The molecule has 2 aliphatic heterocycles. The lowest BCUT2D eigenvalue weighted by Gasteiger charge is -2.23. The van der Waals surface area contributed by atoms with Crippen LogP contribution in [0, 0.1) is 0 Å². The number of rotatable bonds is 3. The second-order valence-electron chi connectivity index (χ2n) is 5.81. The standard InChI is InChI=1S/C15H16N2O5S/c1-9(13(18)16-10-6-7-23(21,22)8-10)17-14(19)11-4-2-3-5-12(11)15(17)20/h2-5,9-10H,6-8H2,1H3,(H,16,18)/t9-,10-/m0/s1. The molecule has 3 amide bonds. The van der Waals surface area contributed by atoms with Crippen molar-refractivity contribution >= 4 is 27.6 Å². The predicted molar refractivity (Wildman–Crippen MR) is 81.6 cm³/mol. The number of imide groups is 1. The van der Waals surface area contributed by atoms with Crippen LogP contribution in [-0.4, -0.2) is 54.6 Å². The lowest BCUT2D eigenvalue weighted by molar-refractivity contribution is -0.125. The SMILES string of the molecule is C[C@@H](C(=O)N[C@H]1CCS(=O)(=O)C1)N1C(=O)c2ccccc2C1=O. The summed E-state index contributed by atoms with van der Waals surface area (Å²) in [4.78, 5) is 37.9. The number of amides is 3. The Kier molecular flexibility index (Phi) is 3.71. The molecule has 0 saturated carbocycles. The summed E-state index contributed by atoms with van der Waals surface area (Å²) < 4.78 is 22.9. The molecule has 1 N–H and O–H groups in total. The Morgan fingerprint density at radius 1 is 1.22 bits per heavy atom. The molecule has 1 saturated heterocycles. The van der Waals surface area contributed by atoms with Gasteiger partial charge >= 0.3 is 0 Å². The summed E-state index contributed by atoms with van der Waals surface area (Å²) in [5.74, 6) is -1.60. The van der Waals surface area contributed by atoms with Crippen LogP contribution in [-0.2, 0) is 14.6 Å². The summed E-state index contributed by atoms with van der Waals surface area (Å²) in [6.07, 6.45) is 0.350. The lowest BCUT2D eigenvalue weighted by Crippen LogP contribution is -2.50. The Labute approximate surface area is 133 Å². The van der Waals surface area contributed by atoms with Crippen molar-refractivity contribution in [2.75, 3.05) is 11.5 Å². The predicted octanol–water partition coefficient (Wildman–Crippen LogP) is -0.0256. The van der Waals surface area contributed by atoms with Crippen molar-refractivity contribution in [2.45, 2.75) is 25.4 Å². The zero-order valence-electron chi connectivity index (χ0n) is 12.5. The van der Waals surface area contributed by atoms with Crippen molar-refractivity contribution in [3.05, 3.63) is 35.4 Å². The number of nitrogens with one attached hydrogen (secondary N) is 1. The van der Waals surface area contributed by atoms with Crippen molar-refractivity contribution in [1.82, 2.24) is 10.2 Å². The Morgan fingerprint density at radius 3 is 2.26 bits per heavy atom. The van der Waals surface area contributed by atoms with Crippen LogP contribution in [0.1, 0.15) is 34.1 Å². The first kappa shape index (κ1) is 15.7. The third kappa shape index (κ3) is 2.74. The molecule has 122 valence electrons. The summed E-state index contributed by atoms with van der Waals surface area (Å²) in [5.41, 5.74) is 0.557. The van der Waals surface area contributed by atoms with Gasteiger partial charge in [0.15, 0.2) is 9.84 Å². The molecular formula is C15H16N2O5S. The molecule has 0 aromatic heterocycles. The fourth-order valence-electron chi connectivity index (χ4n) is 2.91. The highest BCUT2D eigenvalue weighted by Crippen LogP contribution is 2.24. The van der Waals surface area contributed by atoms with Gasteiger partial charge in [0.05, 0.1) is 22.6 Å². The highest BCUT2D eigenvalue weighted by Gasteiger charge is 2.41. The molecule has 23 heavy (non-hydrogen) atoms. The van der Waals surface area contributed by atoms with Crippen LogP contribution in [0.15, 0.2) is 24.3 Å². The Hall–Kier alpha value is -2.22. The van der Waals surface area contributed by atoms with Gasteiger partial charge in [0.1, 0.15) is 6.04 Å². The quantitative estimate of drug-likeness (QED) is 0.782. The van der Waals surface area contributed by atoms with Crippen molar-refractivity contribution in [2.24, 2.45) is 0 Å². The highest BCUT2D eigenvalue weighted by molar-refractivity contribution is 7.91. The number of benzene rings is 1. The maximum atomic E-state index is 12.3. The van der Waals surface area contributed by atoms with E-state index in [0.717, 1.165) is 4.90 Å². The molecule has 1 aromatic carbocycles. The van der Waals surface area contributed by atoms with E-state index in [9.17, 15) is 22.8 Å². The third-order valence-corrected chi connectivity index (χ3v) is 5.94. The molecule has 7 nitrogen and oxygen atoms in total. The average molecular weight is 336 g/mol. The maximum absolute atomic E-state index is 12.3. The highest BCUT2D eigenvalue weighted by atomic mass is 32.2. The number of nitrogens with zero attached hydrogens (tertiary/aromatic N) is 1. The first-order chi connectivity index (χ1) is 10.8. The first-order valence-electron chi connectivity index (χ1n) is 7.28. The summed E-state index contributed by atoms with van der Waals surface area (Å²) in [7, 11) is -3.11. The molecule has 0 bridgehead atoms. The average Bonchev–Trinajstić information content (AvgIpc) is 2.97. The van der Waals surface area contributed by atoms with E-state index in [1.807, 2.05) is 0 Å². The van der Waals surface area contributed by atoms with Crippen LogP contribution < -0.4 is 5.32 Å². The number of hydrogen-bond acceptors (Lipinski definition) is 5. The smallest absolute Gasteiger partial charge is 0.262 e. The fraction of sp³-hybridized carbons (Fsp3) is 0.400. The van der Waals surface area contributed by atoms with E-state index in [4.69, 9.17) is 0 Å². The van der Waals surface area contributed by atoms with Crippen molar-refractivity contribution in [3.8, 4) is 0 Å². The molecule has 0 unspecified atom stereocenters. The minimum atomic E-state index is -3.11. The largest absolute Gasteiger partial charge is 0.351 e. The van der Waals surface area contributed by atoms with Crippen LogP contribution in [0.5, 0.6) is 0 Å². The van der Waals surface area contributed by atoms with Gasteiger partial charge in [-0.05, 0) is 25.5 Å². The van der Waals surface area contributed by atoms with Crippen molar-refractivity contribution < 1.29 is 22.8 Å². The van der Waals surface area contributed by atoms with Gasteiger partial charge in [0, 0.05) is 6.04 Å². The molecule has 0 aliphatic carbocycles. The van der Waals surface area contributed by atoms with E-state index in [1.54, 1.807) is 24.3 Å². The van der Waals surface area contributed by atoms with E-state index in [0.29, 0.717) is 6.42 Å². The van der Waals surface area contributed by atoms with Gasteiger partial charge in [-0.2, -0.15) is 0 Å². The summed E-state index contributed by atoms with van der Waals surface area (Å²) in [6.45, 7) is 1.46. The van der Waals surface area contributed by atoms with Crippen molar-refractivity contribution in [1.29, 1.82) is 0 Å². The molecule has 2 heterocycles. The molecule has 0 spiro atoms. The first-order valence-corrected chi connectivity index (χ1v) is 9.10. The molecule has 2 atom stereocenters. The summed E-state index contributed by atoms with van der Waals surface area (Å²) in [6, 6.07) is 4.94. The third-order valence-electron chi connectivity index (χ3n) is 4.17. The topological polar surface area (TPSA) is 101 Å². The van der Waals surface area contributed by atoms with Crippen LogP contribution in [0.2, 0.25) is 0 Å². The number of carbonyl (C=O) groups excluding carboxylic acids is 3. The maximum Gasteiger partial charge on any atom is 0.262 e.